The van der Waals surface area contributed by atoms with E-state index in [0.29, 0.717) is 17.1 Å². The summed E-state index contributed by atoms with van der Waals surface area (Å²) in [5, 5.41) is 15.8. The van der Waals surface area contributed by atoms with Gasteiger partial charge in [-0.1, -0.05) is 43.1 Å². The van der Waals surface area contributed by atoms with E-state index >= 15 is 0 Å². The van der Waals surface area contributed by atoms with Gasteiger partial charge < -0.3 is 19.7 Å². The van der Waals surface area contributed by atoms with Crippen LogP contribution in [0.4, 0.5) is 5.69 Å². The zero-order valence-corrected chi connectivity index (χ0v) is 25.9. The van der Waals surface area contributed by atoms with E-state index in [-0.39, 0.29) is 23.2 Å². The maximum absolute atomic E-state index is 13.1. The number of thiazole rings is 1. The van der Waals surface area contributed by atoms with Crippen LogP contribution in [0.5, 0.6) is 0 Å². The Balaban J connectivity index is 2.04. The van der Waals surface area contributed by atoms with Crippen LogP contribution in [-0.2, 0) is 14.0 Å². The van der Waals surface area contributed by atoms with Crippen molar-refractivity contribution in [2.24, 2.45) is 0 Å². The van der Waals surface area contributed by atoms with Crippen molar-refractivity contribution >= 4 is 59.1 Å². The van der Waals surface area contributed by atoms with Gasteiger partial charge in [0.05, 0.1) is 6.61 Å². The van der Waals surface area contributed by atoms with E-state index in [1.54, 1.807) is 17.5 Å². The van der Waals surface area contributed by atoms with Crippen LogP contribution in [0.25, 0.3) is 10.6 Å². The molecule has 0 spiro atoms. The fourth-order valence-corrected chi connectivity index (χ4v) is 5.36. The topological polar surface area (TPSA) is 109 Å². The van der Waals surface area contributed by atoms with Gasteiger partial charge in [-0.25, -0.2) is 9.78 Å². The molecule has 1 heterocycles. The number of benzene rings is 1. The summed E-state index contributed by atoms with van der Waals surface area (Å²) in [5.41, 5.74) is 1.69. The minimum absolute atomic E-state index is 0.0157. The number of rotatable bonds is 13. The first-order valence-electron chi connectivity index (χ1n) is 12.3. The quantitative estimate of drug-likeness (QED) is 0.157. The molecule has 2 rings (SSSR count). The van der Waals surface area contributed by atoms with Crippen LogP contribution in [0.3, 0.4) is 0 Å². The number of carboxylic acids is 1. The second kappa shape index (κ2) is 13.6. The highest BCUT2D eigenvalue weighted by Gasteiger charge is 2.39. The average Bonchev–Trinajstić information content (AvgIpc) is 3.31. The van der Waals surface area contributed by atoms with Gasteiger partial charge in [-0.2, -0.15) is 0 Å². The van der Waals surface area contributed by atoms with Crippen LogP contribution >= 0.6 is 27.3 Å². The second-order valence-electron chi connectivity index (χ2n) is 10.5. The first kappa shape index (κ1) is 31.1. The highest BCUT2D eigenvalue weighted by molar-refractivity contribution is 9.09. The molecule has 1 unspecified atom stereocenters. The number of amides is 2. The van der Waals surface area contributed by atoms with Gasteiger partial charge in [-0.15, -0.1) is 11.3 Å². The Bertz CT molecular complexity index is 1070. The average molecular weight is 613 g/mol. The molecule has 0 bridgehead atoms. The van der Waals surface area contributed by atoms with Gasteiger partial charge in [0.15, 0.2) is 14.4 Å². The lowest BCUT2D eigenvalue weighted by molar-refractivity contribution is -0.143. The molecule has 0 saturated heterocycles. The number of carbonyl (C=O) groups excluding carboxylic acids is 2. The Morgan fingerprint density at radius 1 is 1.16 bits per heavy atom. The standard InChI is InChI=1S/C26H38BrN3O5SSi/c1-26(2,3)37(5,6)35-16-21(25(33)34)30(4)24(32)20-17-36-23(29-20)18-11-13-19(14-12-18)28-22(31)10-8-7-9-15-27/h11-14,17,21H,7-10,15-16H2,1-6H3,(H,28,31)(H,33,34). The normalized spacial score (nSPS) is 12.7. The zero-order valence-electron chi connectivity index (χ0n) is 22.5. The Labute approximate surface area is 233 Å². The Morgan fingerprint density at radius 2 is 1.81 bits per heavy atom. The number of nitrogens with one attached hydrogen (secondary N) is 1. The maximum Gasteiger partial charge on any atom is 0.328 e. The van der Waals surface area contributed by atoms with E-state index in [2.05, 4.69) is 47.0 Å². The smallest absolute Gasteiger partial charge is 0.328 e. The molecule has 204 valence electrons. The van der Waals surface area contributed by atoms with Crippen molar-refractivity contribution in [3.05, 3.63) is 35.3 Å². The molecule has 0 aliphatic heterocycles. The lowest BCUT2D eigenvalue weighted by Gasteiger charge is -2.37. The van der Waals surface area contributed by atoms with Crippen LogP contribution in [0, 0.1) is 0 Å². The van der Waals surface area contributed by atoms with Gasteiger partial charge in [0.25, 0.3) is 5.91 Å². The molecular formula is C26H38BrN3O5SSi. The molecule has 2 aromatic rings. The van der Waals surface area contributed by atoms with E-state index in [4.69, 9.17) is 4.43 Å². The molecule has 2 N–H and O–H groups in total. The summed E-state index contributed by atoms with van der Waals surface area (Å²) in [5.74, 6) is -1.61. The molecule has 0 saturated carbocycles. The zero-order chi connectivity index (χ0) is 27.8. The molecule has 1 aromatic carbocycles. The molecule has 2 amide bonds. The number of alkyl halides is 1. The third-order valence-corrected chi connectivity index (χ3v) is 12.6. The third kappa shape index (κ3) is 9.01. The number of carboxylic acid groups (broad SMARTS) is 1. The van der Waals surface area contributed by atoms with Gasteiger partial charge in [-0.3, -0.25) is 9.59 Å². The first-order valence-corrected chi connectivity index (χ1v) is 17.2. The number of halogens is 1. The number of aromatic nitrogens is 1. The van der Waals surface area contributed by atoms with Crippen molar-refractivity contribution in [1.29, 1.82) is 0 Å². The van der Waals surface area contributed by atoms with Crippen LogP contribution in [0.2, 0.25) is 18.1 Å². The number of likely N-dealkylation sites (N-methyl/N-ethyl adjacent to an activating group) is 1. The number of anilines is 1. The summed E-state index contributed by atoms with van der Waals surface area (Å²) >= 11 is 4.69. The second-order valence-corrected chi connectivity index (χ2v) is 17.0. The number of carbonyl (C=O) groups is 3. The number of hydrogen-bond acceptors (Lipinski definition) is 6. The van der Waals surface area contributed by atoms with Gasteiger partial charge in [-0.05, 0) is 55.2 Å². The molecule has 0 aliphatic rings. The summed E-state index contributed by atoms with van der Waals surface area (Å²) < 4.78 is 6.08. The number of hydrogen-bond donors (Lipinski definition) is 2. The Morgan fingerprint density at radius 3 is 2.38 bits per heavy atom. The third-order valence-electron chi connectivity index (χ3n) is 6.66. The minimum atomic E-state index is -2.18. The van der Waals surface area contributed by atoms with Crippen LogP contribution in [0.1, 0.15) is 56.9 Å². The fraction of sp³-hybridized carbons (Fsp3) is 0.538. The van der Waals surface area contributed by atoms with Crippen molar-refractivity contribution in [2.45, 2.75) is 70.6 Å². The predicted octanol–water partition coefficient (Wildman–Crippen LogP) is 6.25. The minimum Gasteiger partial charge on any atom is -0.480 e. The van der Waals surface area contributed by atoms with Gasteiger partial charge in [0.1, 0.15) is 10.7 Å². The van der Waals surface area contributed by atoms with Crippen molar-refractivity contribution in [3.63, 3.8) is 0 Å². The number of aliphatic carboxylic acids is 1. The van der Waals surface area contributed by atoms with Crippen molar-refractivity contribution in [2.75, 3.05) is 24.3 Å². The molecule has 0 fully saturated rings. The van der Waals surface area contributed by atoms with Crippen molar-refractivity contribution < 1.29 is 23.9 Å². The molecule has 1 atom stereocenters. The van der Waals surface area contributed by atoms with E-state index in [0.717, 1.165) is 30.2 Å². The van der Waals surface area contributed by atoms with Crippen LogP contribution < -0.4 is 5.32 Å². The molecule has 37 heavy (non-hydrogen) atoms. The first-order chi connectivity index (χ1) is 17.3. The van der Waals surface area contributed by atoms with Crippen molar-refractivity contribution in [1.82, 2.24) is 9.88 Å². The van der Waals surface area contributed by atoms with E-state index in [1.807, 2.05) is 25.2 Å². The number of nitrogens with zero attached hydrogens (tertiary/aromatic N) is 2. The van der Waals surface area contributed by atoms with Gasteiger partial charge in [0.2, 0.25) is 5.91 Å². The summed E-state index contributed by atoms with van der Waals surface area (Å²) in [7, 11) is -0.717. The Kier molecular flexibility index (Phi) is 11.5. The highest BCUT2D eigenvalue weighted by Crippen LogP contribution is 2.36. The van der Waals surface area contributed by atoms with Gasteiger partial charge >= 0.3 is 5.97 Å². The largest absolute Gasteiger partial charge is 0.480 e. The lowest BCUT2D eigenvalue weighted by atomic mass is 10.2. The summed E-state index contributed by atoms with van der Waals surface area (Å²) in [6, 6.07) is 6.17. The van der Waals surface area contributed by atoms with Crippen molar-refractivity contribution in [3.8, 4) is 10.6 Å². The summed E-state index contributed by atoms with van der Waals surface area (Å²) in [6.07, 6.45) is 3.40. The summed E-state index contributed by atoms with van der Waals surface area (Å²) in [6.45, 7) is 10.2. The highest BCUT2D eigenvalue weighted by atomic mass is 79.9. The monoisotopic (exact) mass is 611 g/mol. The molecule has 0 aliphatic carbocycles. The predicted molar refractivity (Wildman–Crippen MR) is 155 cm³/mol. The fourth-order valence-electron chi connectivity index (χ4n) is 3.16. The van der Waals surface area contributed by atoms with E-state index < -0.39 is 26.2 Å². The lowest BCUT2D eigenvalue weighted by Crippen LogP contribution is -2.50. The van der Waals surface area contributed by atoms with Crippen LogP contribution in [0.15, 0.2) is 29.6 Å². The van der Waals surface area contributed by atoms with E-state index in [1.165, 1.54) is 23.3 Å². The number of unbranched alkanes of at least 4 members (excludes halogenated alkanes) is 2. The molecule has 8 nitrogen and oxygen atoms in total. The summed E-state index contributed by atoms with van der Waals surface area (Å²) in [4.78, 5) is 42.8. The molecule has 11 heteroatoms. The Hall–Kier alpha value is -2.08. The maximum atomic E-state index is 13.1. The SMILES string of the molecule is CN(C(=O)c1csc(-c2ccc(NC(=O)CCCCCBr)cc2)n1)C(CO[Si](C)(C)C(C)(C)C)C(=O)O. The molecular weight excluding hydrogens is 574 g/mol. The molecule has 1 aromatic heterocycles. The van der Waals surface area contributed by atoms with E-state index in [9.17, 15) is 19.5 Å². The van der Waals surface area contributed by atoms with Gasteiger partial charge in [0, 0.05) is 35.4 Å². The van der Waals surface area contributed by atoms with Crippen LogP contribution in [-0.4, -0.2) is 66.1 Å². The molecule has 0 radical (unpaired) electrons.